The van der Waals surface area contributed by atoms with Crippen LogP contribution in [0.25, 0.3) is 11.3 Å². The highest BCUT2D eigenvalue weighted by Gasteiger charge is 2.30. The molecule has 0 bridgehead atoms. The second kappa shape index (κ2) is 7.53. The third-order valence-electron chi connectivity index (χ3n) is 3.89. The molecule has 27 heavy (non-hydrogen) atoms. The van der Waals surface area contributed by atoms with Gasteiger partial charge in [0.2, 0.25) is 0 Å². The maximum absolute atomic E-state index is 12.5. The summed E-state index contributed by atoms with van der Waals surface area (Å²) in [7, 11) is 0. The minimum Gasteiger partial charge on any atom is -0.460 e. The Morgan fingerprint density at radius 3 is 2.33 bits per heavy atom. The number of halogens is 3. The van der Waals surface area contributed by atoms with Gasteiger partial charge in [-0.2, -0.15) is 13.2 Å². The molecule has 0 unspecified atom stereocenters. The summed E-state index contributed by atoms with van der Waals surface area (Å²) in [5.74, 6) is -0.754. The van der Waals surface area contributed by atoms with Gasteiger partial charge in [-0.25, -0.2) is 9.59 Å². The molecule has 0 radical (unpaired) electrons. The van der Waals surface area contributed by atoms with E-state index >= 15 is 0 Å². The number of hydrogen-bond donors (Lipinski definition) is 1. The molecule has 5 nitrogen and oxygen atoms in total. The van der Waals surface area contributed by atoms with Crippen molar-refractivity contribution < 1.29 is 22.7 Å². The summed E-state index contributed by atoms with van der Waals surface area (Å²) in [6.07, 6.45) is -2.85. The largest absolute Gasteiger partial charge is 0.460 e. The monoisotopic (exact) mass is 376 g/mol. The van der Waals surface area contributed by atoms with E-state index in [1.165, 1.54) is 4.57 Å². The van der Waals surface area contributed by atoms with Gasteiger partial charge < -0.3 is 9.72 Å². The zero-order valence-electron chi connectivity index (χ0n) is 14.0. The van der Waals surface area contributed by atoms with Gasteiger partial charge in [-0.1, -0.05) is 30.3 Å². The number of imidazole rings is 1. The average molecular weight is 376 g/mol. The lowest BCUT2D eigenvalue weighted by Crippen LogP contribution is -2.20. The van der Waals surface area contributed by atoms with Gasteiger partial charge in [0.1, 0.15) is 6.61 Å². The minimum atomic E-state index is -4.46. The van der Waals surface area contributed by atoms with Gasteiger partial charge in [0.25, 0.3) is 0 Å². The zero-order chi connectivity index (χ0) is 19.4. The van der Waals surface area contributed by atoms with Crippen LogP contribution >= 0.6 is 0 Å². The lowest BCUT2D eigenvalue weighted by Gasteiger charge is -2.08. The van der Waals surface area contributed by atoms with Crippen LogP contribution in [0.1, 0.15) is 15.9 Å². The van der Waals surface area contributed by atoms with E-state index in [9.17, 15) is 22.8 Å². The molecule has 0 atom stereocenters. The fourth-order valence-corrected chi connectivity index (χ4v) is 2.48. The van der Waals surface area contributed by atoms with E-state index in [-0.39, 0.29) is 24.4 Å². The molecule has 0 aliphatic carbocycles. The molecule has 3 rings (SSSR count). The second-order valence-corrected chi connectivity index (χ2v) is 5.74. The fourth-order valence-electron chi connectivity index (χ4n) is 2.48. The lowest BCUT2D eigenvalue weighted by molar-refractivity contribution is -0.137. The topological polar surface area (TPSA) is 64.1 Å². The van der Waals surface area contributed by atoms with Crippen molar-refractivity contribution in [1.29, 1.82) is 0 Å². The van der Waals surface area contributed by atoms with Crippen LogP contribution in [0.5, 0.6) is 0 Å². The molecular weight excluding hydrogens is 361 g/mol. The Kier molecular flexibility index (Phi) is 5.16. The Morgan fingerprint density at radius 2 is 1.70 bits per heavy atom. The van der Waals surface area contributed by atoms with Crippen molar-refractivity contribution in [3.63, 3.8) is 0 Å². The van der Waals surface area contributed by atoms with Crippen LogP contribution in [0, 0.1) is 0 Å². The lowest BCUT2D eigenvalue weighted by atomic mass is 10.1. The van der Waals surface area contributed by atoms with E-state index in [1.807, 2.05) is 30.3 Å². The molecule has 1 aromatic heterocycles. The summed E-state index contributed by atoms with van der Waals surface area (Å²) in [6.45, 7) is 0.0282. The van der Waals surface area contributed by atoms with Gasteiger partial charge in [0.15, 0.2) is 0 Å². The number of H-pyrrole nitrogens is 1. The molecule has 0 saturated carbocycles. The number of ether oxygens (including phenoxy) is 1. The molecule has 3 aromatic rings. The van der Waals surface area contributed by atoms with Gasteiger partial charge >= 0.3 is 17.8 Å². The number of benzene rings is 2. The zero-order valence-corrected chi connectivity index (χ0v) is 14.0. The molecular formula is C19H15F3N2O3. The number of hydrogen-bond acceptors (Lipinski definition) is 3. The van der Waals surface area contributed by atoms with Gasteiger partial charge in [-0.15, -0.1) is 0 Å². The molecule has 140 valence electrons. The SMILES string of the molecule is O=C(OCCn1cc(-c2ccccc2)[nH]c1=O)c1ccc(C(F)(F)F)cc1. The highest BCUT2D eigenvalue weighted by molar-refractivity contribution is 5.89. The Morgan fingerprint density at radius 1 is 1.04 bits per heavy atom. The Balaban J connectivity index is 1.59. The third-order valence-corrected chi connectivity index (χ3v) is 3.89. The van der Waals surface area contributed by atoms with Crippen molar-refractivity contribution in [3.05, 3.63) is 82.4 Å². The smallest absolute Gasteiger partial charge is 0.416 e. The van der Waals surface area contributed by atoms with Gasteiger partial charge in [-0.3, -0.25) is 4.57 Å². The molecule has 0 aliphatic rings. The molecule has 2 aromatic carbocycles. The minimum absolute atomic E-state index is 0.00869. The predicted octanol–water partition coefficient (Wildman–Crippen LogP) is 3.72. The first-order valence-corrected chi connectivity index (χ1v) is 8.04. The number of carbonyl (C=O) groups is 1. The van der Waals surface area contributed by atoms with E-state index in [2.05, 4.69) is 4.98 Å². The molecule has 0 amide bonds. The van der Waals surface area contributed by atoms with Crippen molar-refractivity contribution in [2.24, 2.45) is 0 Å². The van der Waals surface area contributed by atoms with Crippen molar-refractivity contribution in [1.82, 2.24) is 9.55 Å². The Bertz CT molecular complexity index is 974. The second-order valence-electron chi connectivity index (χ2n) is 5.74. The summed E-state index contributed by atoms with van der Waals surface area (Å²) in [6, 6.07) is 13.0. The van der Waals surface area contributed by atoms with E-state index in [0.29, 0.717) is 5.69 Å². The number of esters is 1. The summed E-state index contributed by atoms with van der Waals surface area (Å²) in [4.78, 5) is 26.6. The number of rotatable bonds is 5. The van der Waals surface area contributed by atoms with Gasteiger partial charge in [0, 0.05) is 6.20 Å². The summed E-state index contributed by atoms with van der Waals surface area (Å²) in [5.41, 5.74) is 0.296. The van der Waals surface area contributed by atoms with Crippen molar-refractivity contribution in [2.75, 3.05) is 6.61 Å². The molecule has 1 heterocycles. The number of alkyl halides is 3. The first-order chi connectivity index (χ1) is 12.8. The van der Waals surface area contributed by atoms with Crippen molar-refractivity contribution >= 4 is 5.97 Å². The van der Waals surface area contributed by atoms with Crippen molar-refractivity contribution in [2.45, 2.75) is 12.7 Å². The molecule has 8 heteroatoms. The Labute approximate surface area is 152 Å². The first-order valence-electron chi connectivity index (χ1n) is 8.04. The quantitative estimate of drug-likeness (QED) is 0.691. The average Bonchev–Trinajstić information content (AvgIpc) is 3.02. The van der Waals surface area contributed by atoms with Crippen LogP contribution in [0.2, 0.25) is 0 Å². The van der Waals surface area contributed by atoms with Gasteiger partial charge in [0.05, 0.1) is 23.4 Å². The van der Waals surface area contributed by atoms with Crippen LogP contribution in [0.3, 0.4) is 0 Å². The third kappa shape index (κ3) is 4.46. The van der Waals surface area contributed by atoms with Crippen LogP contribution < -0.4 is 5.69 Å². The predicted molar refractivity (Wildman–Crippen MR) is 92.2 cm³/mol. The maximum atomic E-state index is 12.5. The molecule has 1 N–H and O–H groups in total. The van der Waals surface area contributed by atoms with Crippen molar-refractivity contribution in [3.8, 4) is 11.3 Å². The first kappa shape index (κ1) is 18.5. The van der Waals surface area contributed by atoms with Crippen LogP contribution in [-0.2, 0) is 17.5 Å². The van der Waals surface area contributed by atoms with E-state index in [1.54, 1.807) is 6.20 Å². The molecule has 0 fully saturated rings. The van der Waals surface area contributed by atoms with E-state index < -0.39 is 17.7 Å². The highest BCUT2D eigenvalue weighted by atomic mass is 19.4. The summed E-state index contributed by atoms with van der Waals surface area (Å²) >= 11 is 0. The normalized spacial score (nSPS) is 11.4. The molecule has 0 aliphatic heterocycles. The van der Waals surface area contributed by atoms with Crippen LogP contribution in [-0.4, -0.2) is 22.1 Å². The molecule has 0 saturated heterocycles. The maximum Gasteiger partial charge on any atom is 0.416 e. The van der Waals surface area contributed by atoms with Gasteiger partial charge in [-0.05, 0) is 29.8 Å². The number of carbonyl (C=O) groups excluding carboxylic acids is 1. The number of nitrogens with one attached hydrogen (secondary N) is 1. The van der Waals surface area contributed by atoms with Crippen LogP contribution in [0.15, 0.2) is 65.6 Å². The summed E-state index contributed by atoms with van der Waals surface area (Å²) < 4.78 is 44.0. The highest BCUT2D eigenvalue weighted by Crippen LogP contribution is 2.29. The number of nitrogens with zero attached hydrogens (tertiary/aromatic N) is 1. The van der Waals surface area contributed by atoms with E-state index in [4.69, 9.17) is 4.74 Å². The Hall–Kier alpha value is -3.29. The van der Waals surface area contributed by atoms with E-state index in [0.717, 1.165) is 29.8 Å². The standard InChI is InChI=1S/C19H15F3N2O3/c20-19(21,22)15-8-6-14(7-9-15)17(25)27-11-10-24-12-16(23-18(24)26)13-4-2-1-3-5-13/h1-9,12H,10-11H2,(H,23,26). The number of aromatic amines is 1. The number of aromatic nitrogens is 2. The summed E-state index contributed by atoms with van der Waals surface area (Å²) in [5, 5.41) is 0. The van der Waals surface area contributed by atoms with Crippen LogP contribution in [0.4, 0.5) is 13.2 Å². The fraction of sp³-hybridized carbons (Fsp3) is 0.158. The molecule has 0 spiro atoms.